The Hall–Kier alpha value is -4.50. The number of esters is 1. The van der Waals surface area contributed by atoms with Gasteiger partial charge in [-0.05, 0) is 61.4 Å². The lowest BCUT2D eigenvalue weighted by molar-refractivity contribution is -0.192. The highest BCUT2D eigenvalue weighted by Crippen LogP contribution is 2.31. The standard InChI is InChI=1S/C31H38FN3O6.C2HF3O2/c1-39-14-5-15-40-31(38)28-18-23-17-24(12-13-27(23)41-28)34-30(37)26(16-20-6-3-2-4-7-20)35-29(36)22-10-8-21(9-11-22)25(33)19-32;3-2(4,5)1(6)7/h2-4,6-7,12-13,17-18,21-22,25-26H,5,8-11,14-16,19,33H2,1H3,(H,34,37)(H,35,36);(H,6,7)/t21?,22?,25?,26-;/m0./s1. The number of alkyl halides is 4. The van der Waals surface area contributed by atoms with Crippen molar-refractivity contribution in [3.8, 4) is 0 Å². The van der Waals surface area contributed by atoms with Crippen molar-refractivity contribution in [2.24, 2.45) is 17.6 Å². The molecule has 0 aliphatic heterocycles. The fraction of sp³-hybridized carbons (Fsp3) is 0.455. The minimum absolute atomic E-state index is 0.0669. The van der Waals surface area contributed by atoms with Crippen molar-refractivity contribution < 1.29 is 55.7 Å². The summed E-state index contributed by atoms with van der Waals surface area (Å²) < 4.78 is 60.5. The lowest BCUT2D eigenvalue weighted by atomic mass is 9.78. The molecule has 2 atom stereocenters. The maximum atomic E-state index is 13.4. The van der Waals surface area contributed by atoms with E-state index in [0.29, 0.717) is 61.8 Å². The number of halogens is 4. The first kappa shape index (κ1) is 38.0. The number of carboxylic acids is 1. The van der Waals surface area contributed by atoms with Crippen LogP contribution in [0.4, 0.5) is 23.2 Å². The van der Waals surface area contributed by atoms with Crippen molar-refractivity contribution in [1.29, 1.82) is 0 Å². The minimum Gasteiger partial charge on any atom is -0.475 e. The first-order valence-electron chi connectivity index (χ1n) is 15.3. The highest BCUT2D eigenvalue weighted by molar-refractivity contribution is 6.00. The molecular formula is C33H39F4N3O8. The average Bonchev–Trinajstić information content (AvgIpc) is 3.50. The smallest absolute Gasteiger partial charge is 0.475 e. The first-order valence-corrected chi connectivity index (χ1v) is 15.3. The topological polar surface area (TPSA) is 170 Å². The Morgan fingerprint density at radius 2 is 1.69 bits per heavy atom. The molecule has 0 saturated heterocycles. The van der Waals surface area contributed by atoms with Crippen LogP contribution in [0.25, 0.3) is 11.0 Å². The number of benzene rings is 2. The van der Waals surface area contributed by atoms with E-state index in [4.69, 9.17) is 29.5 Å². The number of amides is 2. The monoisotopic (exact) mass is 681 g/mol. The van der Waals surface area contributed by atoms with E-state index in [0.717, 1.165) is 5.56 Å². The van der Waals surface area contributed by atoms with Crippen molar-refractivity contribution in [2.45, 2.75) is 56.8 Å². The van der Waals surface area contributed by atoms with Gasteiger partial charge >= 0.3 is 18.1 Å². The number of fused-ring (bicyclic) bond motifs is 1. The van der Waals surface area contributed by atoms with Crippen molar-refractivity contribution in [3.63, 3.8) is 0 Å². The molecule has 11 nitrogen and oxygen atoms in total. The molecule has 4 rings (SSSR count). The first-order chi connectivity index (χ1) is 22.8. The average molecular weight is 682 g/mol. The zero-order chi connectivity index (χ0) is 35.3. The molecule has 1 aromatic heterocycles. The quantitative estimate of drug-likeness (QED) is 0.110. The van der Waals surface area contributed by atoms with Gasteiger partial charge in [-0.3, -0.25) is 9.59 Å². The third-order valence-electron chi connectivity index (χ3n) is 7.80. The molecule has 1 fully saturated rings. The SMILES string of the molecule is COCCCOC(=O)c1cc2cc(NC(=O)[C@H](Cc3ccccc3)NC(=O)C3CCC(C(N)CF)CC3)ccc2o1.O=C(O)C(F)(F)F. The summed E-state index contributed by atoms with van der Waals surface area (Å²) in [6.45, 7) is 0.135. The van der Waals surface area contributed by atoms with Crippen LogP contribution in [0.1, 0.15) is 48.2 Å². The second-order valence-electron chi connectivity index (χ2n) is 11.3. The number of carbonyl (C=O) groups is 4. The molecule has 0 spiro atoms. The Morgan fingerprint density at radius 1 is 1.02 bits per heavy atom. The van der Waals surface area contributed by atoms with Gasteiger partial charge < -0.3 is 35.4 Å². The summed E-state index contributed by atoms with van der Waals surface area (Å²) in [6.07, 6.45) is -1.60. The van der Waals surface area contributed by atoms with Gasteiger partial charge in [0.25, 0.3) is 0 Å². The Labute approximate surface area is 274 Å². The number of anilines is 1. The summed E-state index contributed by atoms with van der Waals surface area (Å²) in [5.74, 6) is -4.00. The third-order valence-corrected chi connectivity index (χ3v) is 7.80. The Balaban J connectivity index is 0.000000804. The van der Waals surface area contributed by atoms with Crippen LogP contribution >= 0.6 is 0 Å². The molecule has 1 aliphatic carbocycles. The number of aliphatic carboxylic acids is 1. The molecule has 1 unspecified atom stereocenters. The van der Waals surface area contributed by atoms with Gasteiger partial charge in [-0.25, -0.2) is 14.0 Å². The van der Waals surface area contributed by atoms with Gasteiger partial charge in [-0.1, -0.05) is 30.3 Å². The second-order valence-corrected chi connectivity index (χ2v) is 11.3. The highest BCUT2D eigenvalue weighted by atomic mass is 19.4. The zero-order valence-electron chi connectivity index (χ0n) is 26.3. The van der Waals surface area contributed by atoms with Crippen LogP contribution in [-0.4, -0.2) is 74.1 Å². The normalized spacial score (nSPS) is 17.4. The number of methoxy groups -OCH3 is 1. The number of hydrogen-bond acceptors (Lipinski definition) is 8. The molecule has 1 saturated carbocycles. The van der Waals surface area contributed by atoms with Gasteiger partial charge in [0, 0.05) is 49.6 Å². The molecule has 3 aromatic rings. The Kier molecular flexibility index (Phi) is 14.4. The van der Waals surface area contributed by atoms with Crippen LogP contribution in [0.2, 0.25) is 0 Å². The van der Waals surface area contributed by atoms with Crippen molar-refractivity contribution >= 4 is 40.4 Å². The molecular weight excluding hydrogens is 642 g/mol. The molecule has 1 heterocycles. The summed E-state index contributed by atoms with van der Waals surface area (Å²) in [6, 6.07) is 14.8. The number of hydrogen-bond donors (Lipinski definition) is 4. The number of ether oxygens (including phenoxy) is 2. The number of nitrogens with one attached hydrogen (secondary N) is 2. The molecule has 1 aliphatic rings. The van der Waals surface area contributed by atoms with E-state index >= 15 is 0 Å². The van der Waals surface area contributed by atoms with E-state index in [9.17, 15) is 31.9 Å². The maximum Gasteiger partial charge on any atom is 0.490 e. The largest absolute Gasteiger partial charge is 0.490 e. The van der Waals surface area contributed by atoms with Crippen LogP contribution < -0.4 is 16.4 Å². The van der Waals surface area contributed by atoms with Crippen LogP contribution in [0.15, 0.2) is 59.0 Å². The van der Waals surface area contributed by atoms with E-state index in [1.807, 2.05) is 30.3 Å². The molecule has 0 radical (unpaired) electrons. The summed E-state index contributed by atoms with van der Waals surface area (Å²) >= 11 is 0. The van der Waals surface area contributed by atoms with E-state index in [1.165, 1.54) is 0 Å². The maximum absolute atomic E-state index is 13.4. The van der Waals surface area contributed by atoms with Crippen molar-refractivity contribution in [1.82, 2.24) is 5.32 Å². The predicted octanol–water partition coefficient (Wildman–Crippen LogP) is 5.03. The van der Waals surface area contributed by atoms with Gasteiger partial charge in [0.15, 0.2) is 0 Å². The number of carboxylic acid groups (broad SMARTS) is 1. The number of carbonyl (C=O) groups excluding carboxylic acids is 3. The highest BCUT2D eigenvalue weighted by Gasteiger charge is 2.38. The van der Waals surface area contributed by atoms with Crippen molar-refractivity contribution in [2.75, 3.05) is 32.3 Å². The zero-order valence-corrected chi connectivity index (χ0v) is 26.3. The van der Waals surface area contributed by atoms with Gasteiger partial charge in [0.1, 0.15) is 18.3 Å². The summed E-state index contributed by atoms with van der Waals surface area (Å²) in [4.78, 5) is 47.8. The van der Waals surface area contributed by atoms with Crippen LogP contribution in [0.5, 0.6) is 0 Å². The van der Waals surface area contributed by atoms with Crippen molar-refractivity contribution in [3.05, 3.63) is 65.9 Å². The predicted molar refractivity (Wildman–Crippen MR) is 167 cm³/mol. The van der Waals surface area contributed by atoms with E-state index in [2.05, 4.69) is 10.6 Å². The fourth-order valence-electron chi connectivity index (χ4n) is 5.17. The minimum atomic E-state index is -5.08. The van der Waals surface area contributed by atoms with E-state index < -0.39 is 36.9 Å². The van der Waals surface area contributed by atoms with Crippen LogP contribution in [0.3, 0.4) is 0 Å². The van der Waals surface area contributed by atoms with Crippen LogP contribution in [0, 0.1) is 11.8 Å². The molecule has 2 aromatic carbocycles. The molecule has 15 heteroatoms. The number of nitrogens with two attached hydrogens (primary N) is 1. The summed E-state index contributed by atoms with van der Waals surface area (Å²) in [5.41, 5.74) is 7.75. The molecule has 0 bridgehead atoms. The molecule has 48 heavy (non-hydrogen) atoms. The Bertz CT molecular complexity index is 1510. The molecule has 2 amide bonds. The van der Waals surface area contributed by atoms with E-state index in [1.54, 1.807) is 31.4 Å². The summed E-state index contributed by atoms with van der Waals surface area (Å²) in [5, 5.41) is 13.6. The lowest BCUT2D eigenvalue weighted by Crippen LogP contribution is -2.48. The van der Waals surface area contributed by atoms with Gasteiger partial charge in [-0.15, -0.1) is 0 Å². The lowest BCUT2D eigenvalue weighted by Gasteiger charge is -2.31. The van der Waals surface area contributed by atoms with Gasteiger partial charge in [0.05, 0.1) is 6.61 Å². The Morgan fingerprint density at radius 3 is 2.29 bits per heavy atom. The second kappa shape index (κ2) is 18.2. The number of furan rings is 1. The van der Waals surface area contributed by atoms with Gasteiger partial charge in [-0.2, -0.15) is 13.2 Å². The van der Waals surface area contributed by atoms with E-state index in [-0.39, 0.29) is 36.0 Å². The molecule has 5 N–H and O–H groups in total. The molecule has 262 valence electrons. The number of rotatable bonds is 13. The van der Waals surface area contributed by atoms with Gasteiger partial charge in [0.2, 0.25) is 17.6 Å². The van der Waals surface area contributed by atoms with Crippen LogP contribution in [-0.2, 0) is 30.3 Å². The summed E-state index contributed by atoms with van der Waals surface area (Å²) in [7, 11) is 1.58. The fourth-order valence-corrected chi connectivity index (χ4v) is 5.17. The third kappa shape index (κ3) is 11.6.